The Bertz CT molecular complexity index is 1220. The Hall–Kier alpha value is -3.67. The smallest absolute Gasteiger partial charge is 0.196 e. The highest BCUT2D eigenvalue weighted by Gasteiger charge is 2.21. The minimum Gasteiger partial charge on any atom is -0.486 e. The van der Waals surface area contributed by atoms with Gasteiger partial charge in [-0.2, -0.15) is 0 Å². The Morgan fingerprint density at radius 2 is 1.76 bits per heavy atom. The minimum atomic E-state index is -0.745. The van der Waals surface area contributed by atoms with Crippen LogP contribution in [0, 0.1) is 18.6 Å². The summed E-state index contributed by atoms with van der Waals surface area (Å²) >= 11 is 0. The van der Waals surface area contributed by atoms with Crippen LogP contribution < -0.4 is 4.74 Å². The van der Waals surface area contributed by atoms with E-state index < -0.39 is 17.4 Å². The molecular formula is C23H16F2N2O2. The normalized spacial score (nSPS) is 10.9. The van der Waals surface area contributed by atoms with Crippen molar-refractivity contribution in [2.75, 3.05) is 0 Å². The third-order valence-electron chi connectivity index (χ3n) is 4.56. The Labute approximate surface area is 165 Å². The van der Waals surface area contributed by atoms with Crippen LogP contribution in [0.2, 0.25) is 0 Å². The second-order valence-electron chi connectivity index (χ2n) is 6.58. The van der Waals surface area contributed by atoms with Crippen molar-refractivity contribution in [2.24, 2.45) is 0 Å². The van der Waals surface area contributed by atoms with Crippen LogP contribution >= 0.6 is 0 Å². The van der Waals surface area contributed by atoms with Gasteiger partial charge >= 0.3 is 0 Å². The SMILES string of the molecule is Cc1ccc(OCc2cccc(F)c2)c(F)c1C(=O)c1ccc2nccnc2c1. The molecule has 4 nitrogen and oxygen atoms in total. The van der Waals surface area contributed by atoms with Gasteiger partial charge < -0.3 is 4.74 Å². The van der Waals surface area contributed by atoms with E-state index in [2.05, 4.69) is 9.97 Å². The quantitative estimate of drug-likeness (QED) is 0.449. The molecule has 6 heteroatoms. The lowest BCUT2D eigenvalue weighted by Crippen LogP contribution is -2.09. The van der Waals surface area contributed by atoms with E-state index in [1.54, 1.807) is 49.5 Å². The first-order chi connectivity index (χ1) is 14.0. The van der Waals surface area contributed by atoms with E-state index in [4.69, 9.17) is 4.74 Å². The van der Waals surface area contributed by atoms with E-state index in [-0.39, 0.29) is 17.9 Å². The van der Waals surface area contributed by atoms with Crippen molar-refractivity contribution in [3.05, 3.63) is 101 Å². The van der Waals surface area contributed by atoms with Crippen LogP contribution in [-0.4, -0.2) is 15.8 Å². The van der Waals surface area contributed by atoms with Crippen molar-refractivity contribution in [3.8, 4) is 5.75 Å². The van der Waals surface area contributed by atoms with Crippen molar-refractivity contribution in [1.29, 1.82) is 0 Å². The van der Waals surface area contributed by atoms with Crippen molar-refractivity contribution in [2.45, 2.75) is 13.5 Å². The molecule has 0 unspecified atom stereocenters. The summed E-state index contributed by atoms with van der Waals surface area (Å²) in [5.41, 5.74) is 2.49. The summed E-state index contributed by atoms with van der Waals surface area (Å²) in [7, 11) is 0. The van der Waals surface area contributed by atoms with E-state index >= 15 is 4.39 Å². The molecule has 0 aliphatic rings. The van der Waals surface area contributed by atoms with Gasteiger partial charge in [-0.05, 0) is 54.4 Å². The molecule has 0 amide bonds. The van der Waals surface area contributed by atoms with Gasteiger partial charge in [0.15, 0.2) is 17.3 Å². The lowest BCUT2D eigenvalue weighted by atomic mass is 9.97. The van der Waals surface area contributed by atoms with Crippen LogP contribution in [0.3, 0.4) is 0 Å². The molecule has 0 aliphatic heterocycles. The largest absolute Gasteiger partial charge is 0.486 e. The van der Waals surface area contributed by atoms with E-state index in [0.717, 1.165) is 0 Å². The molecule has 0 fully saturated rings. The Balaban J connectivity index is 1.65. The predicted octanol–water partition coefficient (Wildman–Crippen LogP) is 5.03. The molecule has 0 N–H and O–H groups in total. The third-order valence-corrected chi connectivity index (χ3v) is 4.56. The van der Waals surface area contributed by atoms with Crippen molar-refractivity contribution in [1.82, 2.24) is 9.97 Å². The van der Waals surface area contributed by atoms with Gasteiger partial charge in [-0.1, -0.05) is 18.2 Å². The highest BCUT2D eigenvalue weighted by atomic mass is 19.1. The lowest BCUT2D eigenvalue weighted by molar-refractivity contribution is 0.103. The number of aromatic nitrogens is 2. The number of halogens is 2. The van der Waals surface area contributed by atoms with Gasteiger partial charge in [0.05, 0.1) is 16.6 Å². The number of benzene rings is 3. The molecule has 144 valence electrons. The van der Waals surface area contributed by atoms with Crippen LogP contribution in [0.1, 0.15) is 27.0 Å². The topological polar surface area (TPSA) is 52.1 Å². The zero-order valence-electron chi connectivity index (χ0n) is 15.5. The number of hydrogen-bond acceptors (Lipinski definition) is 4. The summed E-state index contributed by atoms with van der Waals surface area (Å²) in [4.78, 5) is 21.4. The van der Waals surface area contributed by atoms with Crippen molar-refractivity contribution < 1.29 is 18.3 Å². The summed E-state index contributed by atoms with van der Waals surface area (Å²) in [5.74, 6) is -1.68. The van der Waals surface area contributed by atoms with Crippen LogP contribution in [0.4, 0.5) is 8.78 Å². The summed E-state index contributed by atoms with van der Waals surface area (Å²) in [6, 6.07) is 13.8. The number of aryl methyl sites for hydroxylation is 1. The molecule has 0 saturated heterocycles. The highest BCUT2D eigenvalue weighted by Crippen LogP contribution is 2.27. The van der Waals surface area contributed by atoms with E-state index in [1.807, 2.05) is 0 Å². The average Bonchev–Trinajstić information content (AvgIpc) is 2.73. The molecule has 0 radical (unpaired) electrons. The molecule has 1 aromatic heterocycles. The van der Waals surface area contributed by atoms with Gasteiger partial charge in [-0.3, -0.25) is 14.8 Å². The zero-order chi connectivity index (χ0) is 20.4. The summed E-state index contributed by atoms with van der Waals surface area (Å²) < 4.78 is 33.9. The Kier molecular flexibility index (Phi) is 4.99. The maximum Gasteiger partial charge on any atom is 0.196 e. The van der Waals surface area contributed by atoms with Gasteiger partial charge in [0, 0.05) is 18.0 Å². The fourth-order valence-electron chi connectivity index (χ4n) is 3.08. The van der Waals surface area contributed by atoms with Gasteiger partial charge in [-0.25, -0.2) is 8.78 Å². The van der Waals surface area contributed by atoms with Crippen LogP contribution in [0.15, 0.2) is 67.0 Å². The lowest BCUT2D eigenvalue weighted by Gasteiger charge is -2.12. The van der Waals surface area contributed by atoms with Crippen LogP contribution in [0.25, 0.3) is 11.0 Å². The van der Waals surface area contributed by atoms with Crippen LogP contribution in [0.5, 0.6) is 5.75 Å². The number of hydrogen-bond donors (Lipinski definition) is 0. The summed E-state index contributed by atoms with van der Waals surface area (Å²) in [5, 5.41) is 0. The van der Waals surface area contributed by atoms with Gasteiger partial charge in [-0.15, -0.1) is 0 Å². The van der Waals surface area contributed by atoms with Crippen molar-refractivity contribution in [3.63, 3.8) is 0 Å². The number of nitrogens with zero attached hydrogens (tertiary/aromatic N) is 2. The van der Waals surface area contributed by atoms with Crippen LogP contribution in [-0.2, 0) is 6.61 Å². The maximum atomic E-state index is 15.1. The molecule has 4 aromatic rings. The van der Waals surface area contributed by atoms with Crippen molar-refractivity contribution >= 4 is 16.8 Å². The van der Waals surface area contributed by atoms with Gasteiger partial charge in [0.2, 0.25) is 0 Å². The molecule has 0 aliphatic carbocycles. The third kappa shape index (κ3) is 3.82. The fraction of sp³-hybridized carbons (Fsp3) is 0.0870. The number of fused-ring (bicyclic) bond motifs is 1. The summed E-state index contributed by atoms with van der Waals surface area (Å²) in [6.07, 6.45) is 3.09. The number of ketones is 1. The summed E-state index contributed by atoms with van der Waals surface area (Å²) in [6.45, 7) is 1.64. The Morgan fingerprint density at radius 3 is 2.55 bits per heavy atom. The Morgan fingerprint density at radius 1 is 0.966 bits per heavy atom. The van der Waals surface area contributed by atoms with E-state index in [1.165, 1.54) is 24.4 Å². The second-order valence-corrected chi connectivity index (χ2v) is 6.58. The minimum absolute atomic E-state index is 0.0169. The molecule has 0 bridgehead atoms. The molecule has 1 heterocycles. The van der Waals surface area contributed by atoms with E-state index in [9.17, 15) is 9.18 Å². The number of rotatable bonds is 5. The first-order valence-electron chi connectivity index (χ1n) is 8.95. The van der Waals surface area contributed by atoms with Gasteiger partial charge in [0.1, 0.15) is 12.4 Å². The molecule has 4 rings (SSSR count). The standard InChI is InChI=1S/C23H16F2N2O2/c1-14-5-8-20(29-13-15-3-2-4-17(24)11-15)22(25)21(14)23(28)16-6-7-18-19(12-16)27-10-9-26-18/h2-12H,13H2,1H3. The molecular weight excluding hydrogens is 374 g/mol. The zero-order valence-corrected chi connectivity index (χ0v) is 15.5. The number of carbonyl (C=O) groups excluding carboxylic acids is 1. The molecule has 0 atom stereocenters. The van der Waals surface area contributed by atoms with Gasteiger partial charge in [0.25, 0.3) is 0 Å². The molecule has 0 spiro atoms. The first-order valence-corrected chi connectivity index (χ1v) is 8.95. The molecule has 0 saturated carbocycles. The first kappa shape index (κ1) is 18.7. The number of ether oxygens (including phenoxy) is 1. The predicted molar refractivity (Wildman–Crippen MR) is 105 cm³/mol. The number of carbonyl (C=O) groups is 1. The highest BCUT2D eigenvalue weighted by molar-refractivity contribution is 6.11. The molecule has 29 heavy (non-hydrogen) atoms. The average molecular weight is 390 g/mol. The fourth-order valence-corrected chi connectivity index (χ4v) is 3.08. The van der Waals surface area contributed by atoms with E-state index in [0.29, 0.717) is 27.7 Å². The second kappa shape index (κ2) is 7.75. The molecule has 3 aromatic carbocycles. The maximum absolute atomic E-state index is 15.1. The monoisotopic (exact) mass is 390 g/mol.